The predicted octanol–water partition coefficient (Wildman–Crippen LogP) is 3.98. The molecule has 17 heavy (non-hydrogen) atoms. The Morgan fingerprint density at radius 1 is 1.65 bits per heavy atom. The summed E-state index contributed by atoms with van der Waals surface area (Å²) in [7, 11) is 0. The fourth-order valence-electron chi connectivity index (χ4n) is 2.41. The minimum Gasteiger partial charge on any atom is -0.378 e. The van der Waals surface area contributed by atoms with E-state index in [2.05, 4.69) is 46.5 Å². The summed E-state index contributed by atoms with van der Waals surface area (Å²) in [5.41, 5.74) is 0. The van der Waals surface area contributed by atoms with Gasteiger partial charge in [-0.05, 0) is 53.1 Å². The highest BCUT2D eigenvalue weighted by Crippen LogP contribution is 2.29. The first-order chi connectivity index (χ1) is 8.22. The molecule has 1 aromatic heterocycles. The van der Waals surface area contributed by atoms with E-state index in [4.69, 9.17) is 4.74 Å². The van der Waals surface area contributed by atoms with Gasteiger partial charge in [0, 0.05) is 28.5 Å². The number of ether oxygens (including phenoxy) is 1. The Labute approximate surface area is 116 Å². The SMILES string of the molecule is CCC1OCCC1CNC(C)c1sccc1Br. The van der Waals surface area contributed by atoms with Crippen LogP contribution in [0.1, 0.15) is 37.6 Å². The number of hydrogen-bond donors (Lipinski definition) is 1. The van der Waals surface area contributed by atoms with E-state index in [1.807, 2.05) is 0 Å². The third-order valence-corrected chi connectivity index (χ3v) is 5.53. The molecule has 0 bridgehead atoms. The van der Waals surface area contributed by atoms with Crippen LogP contribution in [0, 0.1) is 5.92 Å². The third kappa shape index (κ3) is 3.31. The number of hydrogen-bond acceptors (Lipinski definition) is 3. The lowest BCUT2D eigenvalue weighted by atomic mass is 9.99. The van der Waals surface area contributed by atoms with Crippen molar-refractivity contribution in [3.63, 3.8) is 0 Å². The van der Waals surface area contributed by atoms with E-state index in [0.717, 1.165) is 19.6 Å². The molecule has 0 spiro atoms. The van der Waals surface area contributed by atoms with E-state index >= 15 is 0 Å². The summed E-state index contributed by atoms with van der Waals surface area (Å²) in [5.74, 6) is 0.682. The molecule has 3 atom stereocenters. The molecular weight excluding hydrogens is 298 g/mol. The van der Waals surface area contributed by atoms with Crippen LogP contribution >= 0.6 is 27.3 Å². The summed E-state index contributed by atoms with van der Waals surface area (Å²) in [6.45, 7) is 6.43. The summed E-state index contributed by atoms with van der Waals surface area (Å²) in [6, 6.07) is 2.54. The topological polar surface area (TPSA) is 21.3 Å². The van der Waals surface area contributed by atoms with Gasteiger partial charge < -0.3 is 10.1 Å². The fourth-order valence-corrected chi connectivity index (χ4v) is 4.16. The van der Waals surface area contributed by atoms with E-state index in [1.54, 1.807) is 11.3 Å². The van der Waals surface area contributed by atoms with Crippen LogP contribution in [-0.4, -0.2) is 19.3 Å². The number of halogens is 1. The zero-order valence-electron chi connectivity index (χ0n) is 10.4. The van der Waals surface area contributed by atoms with Gasteiger partial charge in [0.1, 0.15) is 0 Å². The molecule has 0 saturated carbocycles. The molecule has 0 aromatic carbocycles. The number of nitrogens with one attached hydrogen (secondary N) is 1. The zero-order valence-corrected chi connectivity index (χ0v) is 12.8. The zero-order chi connectivity index (χ0) is 12.3. The molecule has 1 aliphatic rings. The van der Waals surface area contributed by atoms with Crippen LogP contribution in [0.15, 0.2) is 15.9 Å². The van der Waals surface area contributed by atoms with Gasteiger partial charge in [-0.1, -0.05) is 6.92 Å². The van der Waals surface area contributed by atoms with Crippen molar-refractivity contribution in [3.05, 3.63) is 20.8 Å². The first kappa shape index (κ1) is 13.5. The van der Waals surface area contributed by atoms with Crippen LogP contribution in [0.25, 0.3) is 0 Å². The Kier molecular flexibility index (Phi) is 5.03. The minimum atomic E-state index is 0.419. The van der Waals surface area contributed by atoms with Crippen molar-refractivity contribution in [2.75, 3.05) is 13.2 Å². The monoisotopic (exact) mass is 317 g/mol. The summed E-state index contributed by atoms with van der Waals surface area (Å²) in [4.78, 5) is 1.39. The Morgan fingerprint density at radius 2 is 2.47 bits per heavy atom. The minimum absolute atomic E-state index is 0.419. The molecule has 3 unspecified atom stereocenters. The van der Waals surface area contributed by atoms with Gasteiger partial charge in [-0.25, -0.2) is 0 Å². The maximum Gasteiger partial charge on any atom is 0.0613 e. The molecule has 1 saturated heterocycles. The molecule has 2 rings (SSSR count). The Bertz CT molecular complexity index is 355. The van der Waals surface area contributed by atoms with Gasteiger partial charge in [-0.15, -0.1) is 11.3 Å². The first-order valence-electron chi connectivity index (χ1n) is 6.30. The molecule has 2 nitrogen and oxygen atoms in total. The molecule has 1 aromatic rings. The van der Waals surface area contributed by atoms with Crippen LogP contribution in [0.3, 0.4) is 0 Å². The van der Waals surface area contributed by atoms with Gasteiger partial charge in [0.25, 0.3) is 0 Å². The highest BCUT2D eigenvalue weighted by molar-refractivity contribution is 9.10. The number of thiophene rings is 1. The van der Waals surface area contributed by atoms with Crippen molar-refractivity contribution in [2.24, 2.45) is 5.92 Å². The van der Waals surface area contributed by atoms with Gasteiger partial charge in [-0.3, -0.25) is 0 Å². The fraction of sp³-hybridized carbons (Fsp3) is 0.692. The lowest BCUT2D eigenvalue weighted by molar-refractivity contribution is 0.0867. The summed E-state index contributed by atoms with van der Waals surface area (Å²) in [6.07, 6.45) is 2.79. The van der Waals surface area contributed by atoms with E-state index in [0.29, 0.717) is 18.1 Å². The average molecular weight is 318 g/mol. The summed E-state index contributed by atoms with van der Waals surface area (Å²) >= 11 is 5.40. The molecule has 0 aliphatic carbocycles. The number of rotatable bonds is 5. The summed E-state index contributed by atoms with van der Waals surface area (Å²) < 4.78 is 6.93. The van der Waals surface area contributed by atoms with Crippen molar-refractivity contribution in [2.45, 2.75) is 38.8 Å². The molecule has 96 valence electrons. The van der Waals surface area contributed by atoms with E-state index in [9.17, 15) is 0 Å². The molecule has 0 amide bonds. The standard InChI is InChI=1S/C13H20BrNOS/c1-3-12-10(4-6-16-12)8-15-9(2)13-11(14)5-7-17-13/h5,7,9-10,12,15H,3-4,6,8H2,1-2H3. The molecular formula is C13H20BrNOS. The van der Waals surface area contributed by atoms with Gasteiger partial charge >= 0.3 is 0 Å². The van der Waals surface area contributed by atoms with Crippen LogP contribution < -0.4 is 5.32 Å². The van der Waals surface area contributed by atoms with Crippen molar-refractivity contribution in [1.29, 1.82) is 0 Å². The van der Waals surface area contributed by atoms with E-state index < -0.39 is 0 Å². The smallest absolute Gasteiger partial charge is 0.0613 e. The van der Waals surface area contributed by atoms with Gasteiger partial charge in [0.15, 0.2) is 0 Å². The van der Waals surface area contributed by atoms with Crippen molar-refractivity contribution >= 4 is 27.3 Å². The Balaban J connectivity index is 1.84. The lowest BCUT2D eigenvalue weighted by Crippen LogP contribution is -2.29. The highest BCUT2D eigenvalue weighted by atomic mass is 79.9. The molecule has 0 radical (unpaired) electrons. The molecule has 4 heteroatoms. The van der Waals surface area contributed by atoms with Crippen LogP contribution in [0.2, 0.25) is 0 Å². The van der Waals surface area contributed by atoms with Crippen molar-refractivity contribution < 1.29 is 4.74 Å². The van der Waals surface area contributed by atoms with E-state index in [-0.39, 0.29) is 0 Å². The normalized spacial score (nSPS) is 26.3. The second-order valence-electron chi connectivity index (χ2n) is 4.63. The molecule has 1 fully saturated rings. The lowest BCUT2D eigenvalue weighted by Gasteiger charge is -2.20. The van der Waals surface area contributed by atoms with Crippen LogP contribution in [-0.2, 0) is 4.74 Å². The Morgan fingerprint density at radius 3 is 3.12 bits per heavy atom. The highest BCUT2D eigenvalue weighted by Gasteiger charge is 2.26. The first-order valence-corrected chi connectivity index (χ1v) is 7.97. The van der Waals surface area contributed by atoms with Crippen LogP contribution in [0.4, 0.5) is 0 Å². The van der Waals surface area contributed by atoms with Gasteiger partial charge in [0.2, 0.25) is 0 Å². The van der Waals surface area contributed by atoms with Crippen LogP contribution in [0.5, 0.6) is 0 Å². The maximum atomic E-state index is 5.71. The van der Waals surface area contributed by atoms with E-state index in [1.165, 1.54) is 15.8 Å². The molecule has 1 aliphatic heterocycles. The predicted molar refractivity (Wildman–Crippen MR) is 76.6 cm³/mol. The average Bonchev–Trinajstić information content (AvgIpc) is 2.94. The largest absolute Gasteiger partial charge is 0.378 e. The molecule has 1 N–H and O–H groups in total. The Hall–Kier alpha value is 0.100. The molecule has 2 heterocycles. The van der Waals surface area contributed by atoms with Crippen molar-refractivity contribution in [1.82, 2.24) is 5.32 Å². The second kappa shape index (κ2) is 6.32. The quantitative estimate of drug-likeness (QED) is 0.887. The van der Waals surface area contributed by atoms with Gasteiger partial charge in [-0.2, -0.15) is 0 Å². The summed E-state index contributed by atoms with van der Waals surface area (Å²) in [5, 5.41) is 5.76. The third-order valence-electron chi connectivity index (χ3n) is 3.47. The van der Waals surface area contributed by atoms with Crippen molar-refractivity contribution in [3.8, 4) is 0 Å². The van der Waals surface area contributed by atoms with Gasteiger partial charge in [0.05, 0.1) is 6.10 Å². The maximum absolute atomic E-state index is 5.71. The second-order valence-corrected chi connectivity index (χ2v) is 6.43.